The third kappa shape index (κ3) is 2.76. The van der Waals surface area contributed by atoms with Crippen LogP contribution in [-0.2, 0) is 17.3 Å². The van der Waals surface area contributed by atoms with E-state index in [0.29, 0.717) is 17.7 Å². The quantitative estimate of drug-likeness (QED) is 0.747. The number of halogens is 1. The van der Waals surface area contributed by atoms with Gasteiger partial charge in [0, 0.05) is 35.6 Å². The number of fused-ring (bicyclic) bond motifs is 1. The highest BCUT2D eigenvalue weighted by atomic mass is 19.1. The Morgan fingerprint density at radius 2 is 2.06 bits per heavy atom. The highest BCUT2D eigenvalue weighted by Gasteiger charge is 2.56. The van der Waals surface area contributed by atoms with Crippen molar-refractivity contribution in [3.63, 3.8) is 0 Å². The molecule has 6 nitrogen and oxygen atoms in total. The van der Waals surface area contributed by atoms with Crippen molar-refractivity contribution in [2.24, 2.45) is 22.7 Å². The lowest BCUT2D eigenvalue weighted by Gasteiger charge is -2.49. The van der Waals surface area contributed by atoms with Gasteiger partial charge >= 0.3 is 0 Å². The Morgan fingerprint density at radius 3 is 2.75 bits per heavy atom. The molecule has 0 amide bonds. The molecule has 1 aromatic carbocycles. The van der Waals surface area contributed by atoms with Gasteiger partial charge in [0.1, 0.15) is 6.17 Å². The van der Waals surface area contributed by atoms with E-state index in [0.717, 1.165) is 28.1 Å². The van der Waals surface area contributed by atoms with Gasteiger partial charge in [-0.15, -0.1) is 0 Å². The van der Waals surface area contributed by atoms with Gasteiger partial charge in [-0.25, -0.2) is 4.39 Å². The first-order chi connectivity index (χ1) is 15.2. The van der Waals surface area contributed by atoms with Crippen LogP contribution in [0, 0.1) is 12.3 Å². The average Bonchev–Trinajstić information content (AvgIpc) is 3.36. The fourth-order valence-electron chi connectivity index (χ4n) is 5.63. The van der Waals surface area contributed by atoms with Crippen LogP contribution in [0.25, 0.3) is 11.3 Å². The number of allylic oxidation sites excluding steroid dienone is 2. The Morgan fingerprint density at radius 1 is 1.28 bits per heavy atom. The van der Waals surface area contributed by atoms with Crippen molar-refractivity contribution in [1.82, 2.24) is 15.1 Å². The number of azo groups is 1. The molecule has 3 heterocycles. The zero-order valence-corrected chi connectivity index (χ0v) is 19.1. The number of nitrogens with zero attached hydrogens (tertiary/aromatic N) is 4. The predicted octanol–water partition coefficient (Wildman–Crippen LogP) is 4.91. The molecule has 7 heteroatoms. The number of benzene rings is 1. The second kappa shape index (κ2) is 6.95. The normalized spacial score (nSPS) is 28.3. The van der Waals surface area contributed by atoms with E-state index in [9.17, 15) is 4.79 Å². The molecule has 2 aliphatic heterocycles. The number of carbonyl (C=O) groups excluding carboxylic acids is 1. The van der Waals surface area contributed by atoms with Crippen LogP contribution in [0.2, 0.25) is 0 Å². The minimum absolute atomic E-state index is 0.0127. The number of hydrogen-bond acceptors (Lipinski definition) is 5. The van der Waals surface area contributed by atoms with Crippen LogP contribution < -0.4 is 5.32 Å². The molecule has 1 N–H and O–H groups in total. The van der Waals surface area contributed by atoms with E-state index < -0.39 is 23.2 Å². The van der Waals surface area contributed by atoms with Gasteiger partial charge in [0.25, 0.3) is 0 Å². The number of rotatable bonds is 3. The Balaban J connectivity index is 1.77. The summed E-state index contributed by atoms with van der Waals surface area (Å²) < 4.78 is 17.6. The van der Waals surface area contributed by atoms with Gasteiger partial charge in [-0.05, 0) is 31.0 Å². The summed E-state index contributed by atoms with van der Waals surface area (Å²) in [6, 6.07) is 10.2. The summed E-state index contributed by atoms with van der Waals surface area (Å²) in [6.07, 6.45) is 0.779. The molecule has 0 bridgehead atoms. The van der Waals surface area contributed by atoms with E-state index in [1.165, 1.54) is 0 Å². The summed E-state index contributed by atoms with van der Waals surface area (Å²) in [5.41, 5.74) is 4.13. The van der Waals surface area contributed by atoms with Gasteiger partial charge in [-0.2, -0.15) is 15.3 Å². The summed E-state index contributed by atoms with van der Waals surface area (Å²) in [7, 11) is 1.92. The number of aryl methyl sites for hydroxylation is 2. The lowest BCUT2D eigenvalue weighted by atomic mass is 9.58. The molecule has 1 aliphatic carbocycles. The minimum atomic E-state index is -1.28. The number of ketones is 1. The van der Waals surface area contributed by atoms with Crippen LogP contribution in [0.1, 0.15) is 44.9 Å². The van der Waals surface area contributed by atoms with Crippen molar-refractivity contribution >= 4 is 5.78 Å². The lowest BCUT2D eigenvalue weighted by molar-refractivity contribution is -0.120. The number of aromatic nitrogens is 2. The van der Waals surface area contributed by atoms with Gasteiger partial charge in [0.05, 0.1) is 28.7 Å². The molecule has 2 aromatic rings. The Labute approximate surface area is 187 Å². The molecule has 32 heavy (non-hydrogen) atoms. The molecule has 3 atom stereocenters. The molecule has 0 fully saturated rings. The zero-order valence-electron chi connectivity index (χ0n) is 19.1. The van der Waals surface area contributed by atoms with E-state index in [1.54, 1.807) is 6.20 Å². The van der Waals surface area contributed by atoms with E-state index in [2.05, 4.69) is 26.7 Å². The summed E-state index contributed by atoms with van der Waals surface area (Å²) in [5.74, 6) is -0.0127. The monoisotopic (exact) mass is 433 g/mol. The van der Waals surface area contributed by atoms with Gasteiger partial charge in [0.15, 0.2) is 11.9 Å². The Hall–Kier alpha value is -3.09. The first-order valence-electron chi connectivity index (χ1n) is 11.1. The Kier molecular flexibility index (Phi) is 4.52. The number of nitrogens with one attached hydrogen (secondary N) is 1. The molecule has 3 aliphatic rings. The second-order valence-corrected chi connectivity index (χ2v) is 9.74. The zero-order chi connectivity index (χ0) is 22.8. The van der Waals surface area contributed by atoms with Crippen LogP contribution >= 0.6 is 0 Å². The fourth-order valence-corrected chi connectivity index (χ4v) is 5.63. The van der Waals surface area contributed by atoms with Crippen LogP contribution in [-0.4, -0.2) is 27.9 Å². The average molecular weight is 434 g/mol. The number of Topliss-reactive ketones (excluding diaryl/α,β-unsaturated/α-hetero) is 1. The molecule has 0 saturated carbocycles. The minimum Gasteiger partial charge on any atom is -0.359 e. The maximum Gasteiger partial charge on any atom is 0.164 e. The fraction of sp³-hybridized carbons (Fsp3) is 0.440. The third-order valence-electron chi connectivity index (χ3n) is 7.17. The first kappa shape index (κ1) is 20.8. The molecular formula is C25H28FN5O. The van der Waals surface area contributed by atoms with E-state index in [4.69, 9.17) is 0 Å². The largest absolute Gasteiger partial charge is 0.359 e. The van der Waals surface area contributed by atoms with Crippen molar-refractivity contribution in [3.05, 3.63) is 64.6 Å². The number of alkyl halides is 1. The summed E-state index contributed by atoms with van der Waals surface area (Å²) in [5, 5.41) is 16.2. The molecule has 5 rings (SSSR count). The second-order valence-electron chi connectivity index (χ2n) is 9.74. The van der Waals surface area contributed by atoms with E-state index >= 15 is 4.39 Å². The maximum atomic E-state index is 15.7. The SMILES string of the molecule is CC[C@@]1(c2cccc(-c3cc(C)nn3C)c2)C2=CN=NC2NC2=C1C(=O)CC(C)(C)[C@@H]2F. The summed E-state index contributed by atoms with van der Waals surface area (Å²) in [4.78, 5) is 13.6. The molecule has 0 saturated heterocycles. The van der Waals surface area contributed by atoms with Gasteiger partial charge < -0.3 is 5.32 Å². The molecule has 1 aromatic heterocycles. The maximum absolute atomic E-state index is 15.7. The first-order valence-corrected chi connectivity index (χ1v) is 11.1. The van der Waals surface area contributed by atoms with Gasteiger partial charge in [-0.3, -0.25) is 9.48 Å². The van der Waals surface area contributed by atoms with E-state index in [1.807, 2.05) is 63.7 Å². The van der Waals surface area contributed by atoms with Crippen LogP contribution in [0.15, 0.2) is 63.6 Å². The van der Waals surface area contributed by atoms with Gasteiger partial charge in [-0.1, -0.05) is 39.0 Å². The molecule has 1 unspecified atom stereocenters. The highest BCUT2D eigenvalue weighted by Crippen LogP contribution is 2.54. The van der Waals surface area contributed by atoms with Crippen LogP contribution in [0.5, 0.6) is 0 Å². The van der Waals surface area contributed by atoms with Crippen molar-refractivity contribution < 1.29 is 9.18 Å². The summed E-state index contributed by atoms with van der Waals surface area (Å²) >= 11 is 0. The smallest absolute Gasteiger partial charge is 0.164 e. The van der Waals surface area contributed by atoms with Crippen LogP contribution in [0.4, 0.5) is 4.39 Å². The topological polar surface area (TPSA) is 71.6 Å². The molecule has 166 valence electrons. The number of hydrogen-bond donors (Lipinski definition) is 1. The van der Waals surface area contributed by atoms with Crippen molar-refractivity contribution in [1.29, 1.82) is 0 Å². The third-order valence-corrected chi connectivity index (χ3v) is 7.17. The molecule has 0 spiro atoms. The van der Waals surface area contributed by atoms with Gasteiger partial charge in [0.2, 0.25) is 0 Å². The van der Waals surface area contributed by atoms with Crippen molar-refractivity contribution in [3.8, 4) is 11.3 Å². The highest BCUT2D eigenvalue weighted by molar-refractivity contribution is 6.02. The van der Waals surface area contributed by atoms with E-state index in [-0.39, 0.29) is 12.2 Å². The van der Waals surface area contributed by atoms with Crippen molar-refractivity contribution in [2.45, 2.75) is 58.3 Å². The summed E-state index contributed by atoms with van der Waals surface area (Å²) in [6.45, 7) is 7.63. The predicted molar refractivity (Wildman–Crippen MR) is 121 cm³/mol. The lowest BCUT2D eigenvalue weighted by Crippen LogP contribution is -2.55. The Bertz CT molecular complexity index is 1220. The van der Waals surface area contributed by atoms with Crippen LogP contribution in [0.3, 0.4) is 0 Å². The van der Waals surface area contributed by atoms with Crippen molar-refractivity contribution in [2.75, 3.05) is 0 Å². The number of carbonyl (C=O) groups is 1. The molecule has 0 radical (unpaired) electrons. The molecular weight excluding hydrogens is 405 g/mol. The standard InChI is InChI=1S/C25H28FN5O/c1-6-25(16-9-7-8-15(11-16)18-10-14(2)30-31(18)5)17-13-27-29-23(17)28-21-20(25)19(32)12-24(3,4)22(21)26/h7-11,13,22-23,28H,6,12H2,1-5H3/t22-,23?,25-/m1/s1.